The van der Waals surface area contributed by atoms with E-state index in [0.29, 0.717) is 13.2 Å². The Kier molecular flexibility index (Phi) is 5.24. The van der Waals surface area contributed by atoms with E-state index in [9.17, 15) is 0 Å². The van der Waals surface area contributed by atoms with Crippen LogP contribution in [0, 0.1) is 11.8 Å². The van der Waals surface area contributed by atoms with Crippen LogP contribution in [0.5, 0.6) is 5.75 Å². The van der Waals surface area contributed by atoms with E-state index in [0.717, 1.165) is 22.6 Å². The van der Waals surface area contributed by atoms with Crippen LogP contribution in [0.4, 0.5) is 0 Å². The molecule has 0 aliphatic heterocycles. The van der Waals surface area contributed by atoms with Crippen LogP contribution in [0.1, 0.15) is 16.9 Å². The molecule has 0 fully saturated rings. The molecule has 0 saturated carbocycles. The summed E-state index contributed by atoms with van der Waals surface area (Å²) in [6.45, 7) is 0.628. The van der Waals surface area contributed by atoms with Crippen LogP contribution in [0.3, 0.4) is 0 Å². The Balaban J connectivity index is 2.06. The largest absolute Gasteiger partial charge is 0.497 e. The maximum absolute atomic E-state index is 8.78. The minimum Gasteiger partial charge on any atom is -0.497 e. The van der Waals surface area contributed by atoms with Gasteiger partial charge in [-0.05, 0) is 35.9 Å². The third-order valence-corrected chi connectivity index (χ3v) is 2.70. The van der Waals surface area contributed by atoms with Crippen LogP contribution in [0.25, 0.3) is 0 Å². The first-order chi connectivity index (χ1) is 9.83. The van der Waals surface area contributed by atoms with Crippen LogP contribution >= 0.6 is 0 Å². The van der Waals surface area contributed by atoms with E-state index in [1.807, 2.05) is 30.3 Å². The predicted molar refractivity (Wildman–Crippen MR) is 74.2 cm³/mol. The third-order valence-electron chi connectivity index (χ3n) is 2.70. The summed E-state index contributed by atoms with van der Waals surface area (Å²) in [5.74, 6) is 7.06. The Hall–Kier alpha value is -2.22. The van der Waals surface area contributed by atoms with Gasteiger partial charge in [0.2, 0.25) is 0 Å². The highest BCUT2D eigenvalue weighted by Gasteiger charge is 2.04. The molecule has 4 heteroatoms. The van der Waals surface area contributed by atoms with Gasteiger partial charge in [0.05, 0.1) is 20.0 Å². The molecule has 0 radical (unpaired) electrons. The van der Waals surface area contributed by atoms with Gasteiger partial charge >= 0.3 is 0 Å². The zero-order chi connectivity index (χ0) is 14.2. The average Bonchev–Trinajstić information content (AvgIpc) is 2.99. The highest BCUT2D eigenvalue weighted by molar-refractivity contribution is 5.45. The molecule has 0 amide bonds. The molecule has 4 nitrogen and oxygen atoms in total. The van der Waals surface area contributed by atoms with E-state index < -0.39 is 0 Å². The standard InChI is InChI=1S/C16H16O4/c1-18-15-7-6-13(4-2-8-17)14(10-15)11-19-12-16-5-3-9-20-16/h3,5-7,9-10,17H,8,11-12H2,1H3. The first-order valence-corrected chi connectivity index (χ1v) is 6.20. The zero-order valence-electron chi connectivity index (χ0n) is 11.3. The predicted octanol–water partition coefficient (Wildman–Crippen LogP) is 2.35. The fourth-order valence-electron chi connectivity index (χ4n) is 1.73. The molecule has 0 spiro atoms. The summed E-state index contributed by atoms with van der Waals surface area (Å²) in [7, 11) is 1.61. The number of rotatable bonds is 5. The molecule has 2 rings (SSSR count). The number of aliphatic hydroxyl groups excluding tert-OH is 1. The van der Waals surface area contributed by atoms with Gasteiger partial charge in [-0.15, -0.1) is 0 Å². The van der Waals surface area contributed by atoms with Crippen molar-refractivity contribution in [3.05, 3.63) is 53.5 Å². The highest BCUT2D eigenvalue weighted by Crippen LogP contribution is 2.18. The molecular weight excluding hydrogens is 256 g/mol. The number of hydrogen-bond donors (Lipinski definition) is 1. The quantitative estimate of drug-likeness (QED) is 0.849. The van der Waals surface area contributed by atoms with Crippen molar-refractivity contribution in [2.24, 2.45) is 0 Å². The zero-order valence-corrected chi connectivity index (χ0v) is 11.3. The number of hydrogen-bond acceptors (Lipinski definition) is 4. The number of methoxy groups -OCH3 is 1. The van der Waals surface area contributed by atoms with E-state index >= 15 is 0 Å². The van der Waals surface area contributed by atoms with Gasteiger partial charge < -0.3 is 19.0 Å². The monoisotopic (exact) mass is 272 g/mol. The van der Waals surface area contributed by atoms with Crippen molar-refractivity contribution < 1.29 is 19.0 Å². The Morgan fingerprint density at radius 3 is 2.85 bits per heavy atom. The molecule has 0 atom stereocenters. The second-order valence-electron chi connectivity index (χ2n) is 4.06. The molecule has 20 heavy (non-hydrogen) atoms. The molecule has 1 heterocycles. The van der Waals surface area contributed by atoms with Crippen molar-refractivity contribution in [3.8, 4) is 17.6 Å². The van der Waals surface area contributed by atoms with Crippen LogP contribution in [-0.4, -0.2) is 18.8 Å². The van der Waals surface area contributed by atoms with E-state index in [1.54, 1.807) is 13.4 Å². The van der Waals surface area contributed by atoms with Crippen LogP contribution in [0.15, 0.2) is 41.0 Å². The van der Waals surface area contributed by atoms with Gasteiger partial charge in [0.1, 0.15) is 24.7 Å². The molecule has 0 saturated heterocycles. The summed E-state index contributed by atoms with van der Waals surface area (Å²) in [5.41, 5.74) is 1.73. The number of aliphatic hydroxyl groups is 1. The normalized spacial score (nSPS) is 9.90. The van der Waals surface area contributed by atoms with Crippen molar-refractivity contribution in [1.29, 1.82) is 0 Å². The first-order valence-electron chi connectivity index (χ1n) is 6.20. The van der Waals surface area contributed by atoms with Gasteiger partial charge in [-0.25, -0.2) is 0 Å². The molecule has 0 aliphatic rings. The molecule has 2 aromatic rings. The van der Waals surface area contributed by atoms with Crippen LogP contribution in [0.2, 0.25) is 0 Å². The second kappa shape index (κ2) is 7.39. The van der Waals surface area contributed by atoms with Gasteiger partial charge in [-0.2, -0.15) is 0 Å². The summed E-state index contributed by atoms with van der Waals surface area (Å²) >= 11 is 0. The van der Waals surface area contributed by atoms with Crippen molar-refractivity contribution >= 4 is 0 Å². The molecule has 1 aromatic carbocycles. The molecule has 1 aromatic heterocycles. The van der Waals surface area contributed by atoms with E-state index in [1.165, 1.54) is 0 Å². The second-order valence-corrected chi connectivity index (χ2v) is 4.06. The SMILES string of the molecule is COc1ccc(C#CCO)c(COCc2ccco2)c1. The highest BCUT2D eigenvalue weighted by atomic mass is 16.5. The van der Waals surface area contributed by atoms with Gasteiger partial charge in [0, 0.05) is 5.56 Å². The average molecular weight is 272 g/mol. The van der Waals surface area contributed by atoms with Crippen LogP contribution < -0.4 is 4.74 Å². The van der Waals surface area contributed by atoms with Crippen molar-refractivity contribution in [1.82, 2.24) is 0 Å². The van der Waals surface area contributed by atoms with Gasteiger partial charge in [0.25, 0.3) is 0 Å². The molecule has 104 valence electrons. The van der Waals surface area contributed by atoms with Crippen molar-refractivity contribution in [2.75, 3.05) is 13.7 Å². The number of ether oxygens (including phenoxy) is 2. The van der Waals surface area contributed by atoms with Crippen LogP contribution in [-0.2, 0) is 18.0 Å². The Bertz CT molecular complexity index is 591. The fourth-order valence-corrected chi connectivity index (χ4v) is 1.73. The summed E-state index contributed by atoms with van der Waals surface area (Å²) < 4.78 is 16.0. The number of furan rings is 1. The van der Waals surface area contributed by atoms with Gasteiger partial charge in [-0.3, -0.25) is 0 Å². The Morgan fingerprint density at radius 2 is 2.15 bits per heavy atom. The third kappa shape index (κ3) is 3.89. The lowest BCUT2D eigenvalue weighted by atomic mass is 10.1. The Morgan fingerprint density at radius 1 is 1.25 bits per heavy atom. The summed E-state index contributed by atoms with van der Waals surface area (Å²) in [6, 6.07) is 9.24. The molecule has 0 unspecified atom stereocenters. The van der Waals surface area contributed by atoms with E-state index in [4.69, 9.17) is 19.0 Å². The topological polar surface area (TPSA) is 51.8 Å². The maximum Gasteiger partial charge on any atom is 0.129 e. The lowest BCUT2D eigenvalue weighted by Crippen LogP contribution is -1.97. The van der Waals surface area contributed by atoms with E-state index in [2.05, 4.69) is 11.8 Å². The molecule has 0 bridgehead atoms. The molecule has 1 N–H and O–H groups in total. The fraction of sp³-hybridized carbons (Fsp3) is 0.250. The number of benzene rings is 1. The molecule has 0 aliphatic carbocycles. The maximum atomic E-state index is 8.78. The smallest absolute Gasteiger partial charge is 0.129 e. The summed E-state index contributed by atoms with van der Waals surface area (Å²) in [6.07, 6.45) is 1.61. The lowest BCUT2D eigenvalue weighted by Gasteiger charge is -2.08. The lowest BCUT2D eigenvalue weighted by molar-refractivity contribution is 0.0927. The van der Waals surface area contributed by atoms with Crippen molar-refractivity contribution in [3.63, 3.8) is 0 Å². The van der Waals surface area contributed by atoms with Crippen molar-refractivity contribution in [2.45, 2.75) is 13.2 Å². The first kappa shape index (κ1) is 14.2. The minimum atomic E-state index is -0.168. The summed E-state index contributed by atoms with van der Waals surface area (Å²) in [4.78, 5) is 0. The van der Waals surface area contributed by atoms with Gasteiger partial charge in [0.15, 0.2) is 0 Å². The summed E-state index contributed by atoms with van der Waals surface area (Å²) in [5, 5.41) is 8.78. The molecular formula is C16H16O4. The van der Waals surface area contributed by atoms with E-state index in [-0.39, 0.29) is 6.61 Å². The minimum absolute atomic E-state index is 0.168. The van der Waals surface area contributed by atoms with Gasteiger partial charge in [-0.1, -0.05) is 11.8 Å². The Labute approximate surface area is 117 Å².